The van der Waals surface area contributed by atoms with E-state index in [-0.39, 0.29) is 17.2 Å². The molecule has 0 aliphatic heterocycles. The summed E-state index contributed by atoms with van der Waals surface area (Å²) in [5.74, 6) is -1.49. The summed E-state index contributed by atoms with van der Waals surface area (Å²) in [6.45, 7) is 1.35. The summed E-state index contributed by atoms with van der Waals surface area (Å²) in [5, 5.41) is 14.2. The zero-order valence-corrected chi connectivity index (χ0v) is 17.3. The van der Waals surface area contributed by atoms with Gasteiger partial charge in [-0.2, -0.15) is 0 Å². The second-order valence-electron chi connectivity index (χ2n) is 5.49. The van der Waals surface area contributed by atoms with Gasteiger partial charge in [0.25, 0.3) is 0 Å². The minimum absolute atomic E-state index is 0.0428. The standard InChI is InChI=1S/C19H17IN2O4S/c1-12(19(25)26)10-17(23)21-15-6-8-16(9-7-15)27-11-18(24)22-14-4-2-13(20)3-5-14/h2-10H,11H2,1H3,(H,21,23)(H,22,24)(H,25,26)/b12-10+. The molecule has 2 aromatic carbocycles. The van der Waals surface area contributed by atoms with Gasteiger partial charge in [-0.15, -0.1) is 11.8 Å². The molecule has 0 saturated carbocycles. The number of carbonyl (C=O) groups is 3. The van der Waals surface area contributed by atoms with Gasteiger partial charge in [-0.1, -0.05) is 0 Å². The van der Waals surface area contributed by atoms with Gasteiger partial charge in [0.05, 0.1) is 5.75 Å². The molecule has 0 saturated heterocycles. The third-order valence-corrected chi connectivity index (χ3v) is 5.04. The van der Waals surface area contributed by atoms with Crippen molar-refractivity contribution >= 4 is 63.5 Å². The van der Waals surface area contributed by atoms with Gasteiger partial charge >= 0.3 is 5.97 Å². The van der Waals surface area contributed by atoms with Crippen LogP contribution in [-0.2, 0) is 14.4 Å². The van der Waals surface area contributed by atoms with Crippen LogP contribution in [0.15, 0.2) is 65.1 Å². The molecule has 0 atom stereocenters. The Bertz CT molecular complexity index is 864. The Hall–Kier alpha value is -2.33. The first kappa shape index (κ1) is 21.0. The lowest BCUT2D eigenvalue weighted by Gasteiger charge is -2.07. The van der Waals surface area contributed by atoms with Crippen molar-refractivity contribution in [3.05, 3.63) is 63.8 Å². The highest BCUT2D eigenvalue weighted by atomic mass is 127. The highest BCUT2D eigenvalue weighted by molar-refractivity contribution is 14.1. The molecule has 0 unspecified atom stereocenters. The molecular formula is C19H17IN2O4S. The zero-order valence-electron chi connectivity index (χ0n) is 14.4. The van der Waals surface area contributed by atoms with E-state index >= 15 is 0 Å². The first-order chi connectivity index (χ1) is 12.8. The minimum atomic E-state index is -1.14. The molecule has 27 heavy (non-hydrogen) atoms. The van der Waals surface area contributed by atoms with Crippen LogP contribution in [0.3, 0.4) is 0 Å². The Kier molecular flexibility index (Phi) is 7.86. The maximum absolute atomic E-state index is 12.0. The Labute approximate surface area is 174 Å². The summed E-state index contributed by atoms with van der Waals surface area (Å²) in [4.78, 5) is 35.3. The summed E-state index contributed by atoms with van der Waals surface area (Å²) in [5.41, 5.74) is 1.25. The van der Waals surface area contributed by atoms with Crippen molar-refractivity contribution in [1.82, 2.24) is 0 Å². The summed E-state index contributed by atoms with van der Waals surface area (Å²) < 4.78 is 1.10. The number of carboxylic acids is 1. The van der Waals surface area contributed by atoms with Crippen molar-refractivity contribution in [2.24, 2.45) is 0 Å². The van der Waals surface area contributed by atoms with Crippen LogP contribution in [0.5, 0.6) is 0 Å². The smallest absolute Gasteiger partial charge is 0.331 e. The van der Waals surface area contributed by atoms with E-state index in [0.717, 1.165) is 20.2 Å². The molecule has 0 aliphatic carbocycles. The summed E-state index contributed by atoms with van der Waals surface area (Å²) >= 11 is 3.58. The lowest BCUT2D eigenvalue weighted by atomic mass is 10.2. The largest absolute Gasteiger partial charge is 0.478 e. The molecule has 0 spiro atoms. The minimum Gasteiger partial charge on any atom is -0.478 e. The van der Waals surface area contributed by atoms with Crippen LogP contribution in [0.1, 0.15) is 6.92 Å². The molecule has 2 rings (SSSR count). The van der Waals surface area contributed by atoms with E-state index in [1.54, 1.807) is 24.3 Å². The normalized spacial score (nSPS) is 11.0. The molecule has 0 fully saturated rings. The predicted octanol–water partition coefficient (Wildman–Crippen LogP) is 3.99. The number of hydrogen-bond acceptors (Lipinski definition) is 4. The van der Waals surface area contributed by atoms with E-state index in [1.807, 2.05) is 24.3 Å². The summed E-state index contributed by atoms with van der Waals surface area (Å²) in [7, 11) is 0. The van der Waals surface area contributed by atoms with Gasteiger partial charge in [0.1, 0.15) is 0 Å². The fourth-order valence-electron chi connectivity index (χ4n) is 1.95. The molecule has 0 radical (unpaired) electrons. The second kappa shape index (κ2) is 10.1. The number of carboxylic acid groups (broad SMARTS) is 1. The van der Waals surface area contributed by atoms with E-state index in [9.17, 15) is 14.4 Å². The van der Waals surface area contributed by atoms with Gasteiger partial charge in [-0.05, 0) is 78.0 Å². The molecule has 0 aromatic heterocycles. The lowest BCUT2D eigenvalue weighted by Crippen LogP contribution is -2.13. The topological polar surface area (TPSA) is 95.5 Å². The van der Waals surface area contributed by atoms with Crippen molar-refractivity contribution < 1.29 is 19.5 Å². The van der Waals surface area contributed by atoms with E-state index < -0.39 is 11.9 Å². The Morgan fingerprint density at radius 2 is 1.56 bits per heavy atom. The van der Waals surface area contributed by atoms with E-state index in [4.69, 9.17) is 5.11 Å². The van der Waals surface area contributed by atoms with Crippen LogP contribution in [0.2, 0.25) is 0 Å². The van der Waals surface area contributed by atoms with Crippen LogP contribution >= 0.6 is 34.4 Å². The number of nitrogens with one attached hydrogen (secondary N) is 2. The molecule has 8 heteroatoms. The third-order valence-electron chi connectivity index (χ3n) is 3.30. The number of hydrogen-bond donors (Lipinski definition) is 3. The average Bonchev–Trinajstić information content (AvgIpc) is 2.63. The molecule has 2 aromatic rings. The number of thioether (sulfide) groups is 1. The van der Waals surface area contributed by atoms with Crippen LogP contribution in [-0.4, -0.2) is 28.6 Å². The van der Waals surface area contributed by atoms with Gasteiger partial charge < -0.3 is 15.7 Å². The third kappa shape index (κ3) is 7.43. The molecule has 0 bridgehead atoms. The molecule has 2 amide bonds. The number of amides is 2. The van der Waals surface area contributed by atoms with Crippen molar-refractivity contribution in [2.45, 2.75) is 11.8 Å². The monoisotopic (exact) mass is 496 g/mol. The molecule has 3 N–H and O–H groups in total. The Morgan fingerprint density at radius 3 is 2.15 bits per heavy atom. The number of benzene rings is 2. The quantitative estimate of drug-likeness (QED) is 0.306. The zero-order chi connectivity index (χ0) is 19.8. The SMILES string of the molecule is C/C(=C\C(=O)Nc1ccc(SCC(=O)Nc2ccc(I)cc2)cc1)C(=O)O. The number of aliphatic carboxylic acids is 1. The van der Waals surface area contributed by atoms with Gasteiger partial charge in [0.2, 0.25) is 11.8 Å². The van der Waals surface area contributed by atoms with E-state index in [0.29, 0.717) is 5.69 Å². The van der Waals surface area contributed by atoms with Crippen LogP contribution in [0.25, 0.3) is 0 Å². The molecule has 0 heterocycles. The first-order valence-corrected chi connectivity index (χ1v) is 9.91. The van der Waals surface area contributed by atoms with E-state index in [1.165, 1.54) is 18.7 Å². The average molecular weight is 496 g/mol. The van der Waals surface area contributed by atoms with Gasteiger partial charge in [-0.3, -0.25) is 9.59 Å². The molecule has 0 aliphatic rings. The summed E-state index contributed by atoms with van der Waals surface area (Å²) in [6, 6.07) is 14.5. The Morgan fingerprint density at radius 1 is 1.00 bits per heavy atom. The molecule has 140 valence electrons. The molecule has 6 nitrogen and oxygen atoms in total. The number of anilines is 2. The first-order valence-electron chi connectivity index (χ1n) is 7.84. The van der Waals surface area contributed by atoms with Crippen LogP contribution in [0, 0.1) is 3.57 Å². The fourth-order valence-corrected chi connectivity index (χ4v) is 3.01. The van der Waals surface area contributed by atoms with E-state index in [2.05, 4.69) is 33.2 Å². The van der Waals surface area contributed by atoms with Gasteiger partial charge in [-0.25, -0.2) is 4.79 Å². The van der Waals surface area contributed by atoms with Gasteiger partial charge in [0.15, 0.2) is 0 Å². The lowest BCUT2D eigenvalue weighted by molar-refractivity contribution is -0.132. The van der Waals surface area contributed by atoms with Crippen molar-refractivity contribution in [1.29, 1.82) is 0 Å². The number of rotatable bonds is 7. The Balaban J connectivity index is 1.83. The highest BCUT2D eigenvalue weighted by Crippen LogP contribution is 2.21. The number of carbonyl (C=O) groups excluding carboxylic acids is 2. The van der Waals surface area contributed by atoms with Crippen molar-refractivity contribution in [2.75, 3.05) is 16.4 Å². The molecular weight excluding hydrogens is 479 g/mol. The summed E-state index contributed by atoms with van der Waals surface area (Å²) in [6.07, 6.45) is 1.03. The second-order valence-corrected chi connectivity index (χ2v) is 7.78. The van der Waals surface area contributed by atoms with Crippen molar-refractivity contribution in [3.63, 3.8) is 0 Å². The van der Waals surface area contributed by atoms with Crippen LogP contribution in [0.4, 0.5) is 11.4 Å². The van der Waals surface area contributed by atoms with Gasteiger partial charge in [0, 0.05) is 31.5 Å². The predicted molar refractivity (Wildman–Crippen MR) is 115 cm³/mol. The maximum atomic E-state index is 12.0. The number of halogens is 1. The fraction of sp³-hybridized carbons (Fsp3) is 0.105. The highest BCUT2D eigenvalue weighted by Gasteiger charge is 2.06. The van der Waals surface area contributed by atoms with Crippen molar-refractivity contribution in [3.8, 4) is 0 Å². The maximum Gasteiger partial charge on any atom is 0.331 e. The van der Waals surface area contributed by atoms with Crippen LogP contribution < -0.4 is 10.6 Å².